The van der Waals surface area contributed by atoms with E-state index in [2.05, 4.69) is 24.0 Å². The molecule has 0 heterocycles. The topological polar surface area (TPSA) is 34.1 Å². The first-order valence-corrected chi connectivity index (χ1v) is 11.8. The SMILES string of the molecule is O=C(C(=Cc1ccccc1C#CC1(c2ccccc2)CC1)C(=O)c1ccccc1)c1ccccc1. The van der Waals surface area contributed by atoms with Crippen LogP contribution in [0.15, 0.2) is 121 Å². The van der Waals surface area contributed by atoms with E-state index in [1.165, 1.54) is 5.56 Å². The van der Waals surface area contributed by atoms with Gasteiger partial charge in [0.1, 0.15) is 0 Å². The van der Waals surface area contributed by atoms with Gasteiger partial charge in [-0.1, -0.05) is 121 Å². The van der Waals surface area contributed by atoms with Crippen LogP contribution in [0.2, 0.25) is 0 Å². The fourth-order valence-corrected chi connectivity index (χ4v) is 4.17. The first-order chi connectivity index (χ1) is 17.2. The molecule has 2 nitrogen and oxygen atoms in total. The molecule has 4 aromatic rings. The number of carbonyl (C=O) groups is 2. The number of carbonyl (C=O) groups excluding carboxylic acids is 2. The molecule has 0 spiro atoms. The standard InChI is InChI=1S/C33H24O2/c34-31(26-13-4-1-5-14-26)30(32(35)27-15-6-2-7-16-27)24-28-17-11-10-12-25(28)20-21-33(22-23-33)29-18-8-3-9-19-29/h1-19,24H,22-23H2. The number of hydrogen-bond acceptors (Lipinski definition) is 2. The van der Waals surface area contributed by atoms with Crippen LogP contribution in [0.5, 0.6) is 0 Å². The van der Waals surface area contributed by atoms with Crippen molar-refractivity contribution in [2.75, 3.05) is 0 Å². The Morgan fingerprint density at radius 1 is 0.629 bits per heavy atom. The van der Waals surface area contributed by atoms with Crippen molar-refractivity contribution < 1.29 is 9.59 Å². The Kier molecular flexibility index (Phi) is 6.24. The summed E-state index contributed by atoms with van der Waals surface area (Å²) in [7, 11) is 0. The molecule has 35 heavy (non-hydrogen) atoms. The van der Waals surface area contributed by atoms with Crippen LogP contribution in [0, 0.1) is 11.8 Å². The van der Waals surface area contributed by atoms with Gasteiger partial charge in [0.25, 0.3) is 0 Å². The van der Waals surface area contributed by atoms with E-state index in [0.717, 1.165) is 24.0 Å². The normalized spacial score (nSPS) is 13.1. The van der Waals surface area contributed by atoms with Crippen molar-refractivity contribution in [2.45, 2.75) is 18.3 Å². The first-order valence-electron chi connectivity index (χ1n) is 11.8. The number of Topliss-reactive ketones (excluding diaryl/α,β-unsaturated/α-hetero) is 2. The van der Waals surface area contributed by atoms with E-state index in [-0.39, 0.29) is 22.6 Å². The van der Waals surface area contributed by atoms with E-state index in [1.54, 1.807) is 54.6 Å². The summed E-state index contributed by atoms with van der Waals surface area (Å²) in [5.41, 5.74) is 3.77. The number of hydrogen-bond donors (Lipinski definition) is 0. The molecule has 0 atom stereocenters. The van der Waals surface area contributed by atoms with Gasteiger partial charge in [0.2, 0.25) is 0 Å². The highest BCUT2D eigenvalue weighted by Gasteiger charge is 2.42. The lowest BCUT2D eigenvalue weighted by molar-refractivity contribution is 0.0964. The second-order valence-corrected chi connectivity index (χ2v) is 8.73. The maximum Gasteiger partial charge on any atom is 0.196 e. The molecule has 2 heteroatoms. The second-order valence-electron chi connectivity index (χ2n) is 8.73. The molecule has 0 amide bonds. The maximum absolute atomic E-state index is 13.5. The van der Waals surface area contributed by atoms with Crippen LogP contribution in [0.4, 0.5) is 0 Å². The van der Waals surface area contributed by atoms with Crippen molar-refractivity contribution in [2.24, 2.45) is 0 Å². The Balaban J connectivity index is 1.57. The second kappa shape index (κ2) is 9.79. The highest BCUT2D eigenvalue weighted by molar-refractivity contribution is 6.33. The Hall–Kier alpha value is -4.48. The molecule has 1 fully saturated rings. The van der Waals surface area contributed by atoms with Crippen molar-refractivity contribution >= 4 is 17.6 Å². The highest BCUT2D eigenvalue weighted by atomic mass is 16.1. The van der Waals surface area contributed by atoms with E-state index in [1.807, 2.05) is 54.6 Å². The highest BCUT2D eigenvalue weighted by Crippen LogP contribution is 2.47. The van der Waals surface area contributed by atoms with Crippen molar-refractivity contribution in [3.8, 4) is 11.8 Å². The third kappa shape index (κ3) is 4.90. The zero-order chi connectivity index (χ0) is 24.1. The van der Waals surface area contributed by atoms with Crippen LogP contribution in [0.25, 0.3) is 6.08 Å². The van der Waals surface area contributed by atoms with Crippen molar-refractivity contribution in [1.29, 1.82) is 0 Å². The molecule has 0 radical (unpaired) electrons. The van der Waals surface area contributed by atoms with Crippen LogP contribution in [-0.2, 0) is 5.41 Å². The fraction of sp³-hybridized carbons (Fsp3) is 0.0909. The lowest BCUT2D eigenvalue weighted by atomic mass is 9.92. The number of rotatable bonds is 6. The Bertz CT molecular complexity index is 1400. The van der Waals surface area contributed by atoms with Gasteiger partial charge < -0.3 is 0 Å². The summed E-state index contributed by atoms with van der Waals surface area (Å²) < 4.78 is 0. The lowest BCUT2D eigenvalue weighted by Gasteiger charge is -2.09. The lowest BCUT2D eigenvalue weighted by Crippen LogP contribution is -2.14. The molecule has 1 aliphatic rings. The minimum absolute atomic E-state index is 0.110. The Morgan fingerprint density at radius 3 is 1.66 bits per heavy atom. The van der Waals surface area contributed by atoms with E-state index in [4.69, 9.17) is 0 Å². The smallest absolute Gasteiger partial charge is 0.196 e. The number of ketones is 2. The van der Waals surface area contributed by atoms with Gasteiger partial charge >= 0.3 is 0 Å². The van der Waals surface area contributed by atoms with E-state index < -0.39 is 0 Å². The Labute approximate surface area is 206 Å². The van der Waals surface area contributed by atoms with Gasteiger partial charge in [0.15, 0.2) is 11.6 Å². The minimum atomic E-state index is -0.301. The average Bonchev–Trinajstić information content (AvgIpc) is 3.73. The van der Waals surface area contributed by atoms with Crippen LogP contribution >= 0.6 is 0 Å². The van der Waals surface area contributed by atoms with E-state index >= 15 is 0 Å². The van der Waals surface area contributed by atoms with E-state index in [9.17, 15) is 9.59 Å². The summed E-state index contributed by atoms with van der Waals surface area (Å²) in [5, 5.41) is 0. The first kappa shape index (κ1) is 22.3. The molecule has 4 aromatic carbocycles. The van der Waals surface area contributed by atoms with Gasteiger partial charge in [-0.3, -0.25) is 9.59 Å². The van der Waals surface area contributed by atoms with Gasteiger partial charge in [-0.25, -0.2) is 0 Å². The summed E-state index contributed by atoms with van der Waals surface area (Å²) in [5.74, 6) is 6.25. The molecule has 0 aliphatic heterocycles. The van der Waals surface area contributed by atoms with Crippen molar-refractivity contribution in [1.82, 2.24) is 0 Å². The van der Waals surface area contributed by atoms with Gasteiger partial charge in [0, 0.05) is 16.7 Å². The van der Waals surface area contributed by atoms with Crippen LogP contribution in [0.3, 0.4) is 0 Å². The molecular formula is C33H24O2. The van der Waals surface area contributed by atoms with Gasteiger partial charge in [-0.2, -0.15) is 0 Å². The molecule has 0 unspecified atom stereocenters. The Morgan fingerprint density at radius 2 is 1.11 bits per heavy atom. The molecule has 168 valence electrons. The molecular weight excluding hydrogens is 428 g/mol. The molecule has 1 saturated carbocycles. The van der Waals surface area contributed by atoms with E-state index in [0.29, 0.717) is 11.1 Å². The molecule has 0 N–H and O–H groups in total. The van der Waals surface area contributed by atoms with Crippen LogP contribution in [0.1, 0.15) is 50.2 Å². The van der Waals surface area contributed by atoms with Gasteiger partial charge in [-0.05, 0) is 36.1 Å². The monoisotopic (exact) mass is 452 g/mol. The summed E-state index contributed by atoms with van der Waals surface area (Å²) in [4.78, 5) is 26.9. The summed E-state index contributed by atoms with van der Waals surface area (Å²) in [6.07, 6.45) is 3.76. The van der Waals surface area contributed by atoms with Gasteiger partial charge in [0.05, 0.1) is 11.0 Å². The number of allylic oxidation sites excluding steroid dienone is 1. The van der Waals surface area contributed by atoms with Gasteiger partial charge in [-0.15, -0.1) is 0 Å². The fourth-order valence-electron chi connectivity index (χ4n) is 4.17. The zero-order valence-electron chi connectivity index (χ0n) is 19.3. The molecule has 0 saturated heterocycles. The predicted octanol–water partition coefficient (Wildman–Crippen LogP) is 6.92. The van der Waals surface area contributed by atoms with Crippen LogP contribution < -0.4 is 0 Å². The molecule has 1 aliphatic carbocycles. The summed E-state index contributed by atoms with van der Waals surface area (Å²) >= 11 is 0. The third-order valence-electron chi connectivity index (χ3n) is 6.33. The zero-order valence-corrected chi connectivity index (χ0v) is 19.3. The maximum atomic E-state index is 13.5. The molecule has 0 aromatic heterocycles. The summed E-state index contributed by atoms with van der Waals surface area (Å²) in [6, 6.07) is 35.9. The summed E-state index contributed by atoms with van der Waals surface area (Å²) in [6.45, 7) is 0. The average molecular weight is 453 g/mol. The van der Waals surface area contributed by atoms with Crippen molar-refractivity contribution in [3.63, 3.8) is 0 Å². The van der Waals surface area contributed by atoms with Crippen LogP contribution in [-0.4, -0.2) is 11.6 Å². The largest absolute Gasteiger partial charge is 0.288 e. The third-order valence-corrected chi connectivity index (χ3v) is 6.33. The molecule has 0 bridgehead atoms. The van der Waals surface area contributed by atoms with Crippen molar-refractivity contribution in [3.05, 3.63) is 149 Å². The number of benzene rings is 4. The predicted molar refractivity (Wildman–Crippen MR) is 140 cm³/mol. The molecule has 5 rings (SSSR count). The minimum Gasteiger partial charge on any atom is -0.288 e. The quantitative estimate of drug-likeness (QED) is 0.105.